The van der Waals surface area contributed by atoms with Crippen molar-refractivity contribution in [2.24, 2.45) is 5.92 Å². The first-order valence-electron chi connectivity index (χ1n) is 6.35. The molecule has 0 aromatic rings. The maximum absolute atomic E-state index is 11.9. The highest BCUT2D eigenvalue weighted by atomic mass is 16.2. The maximum atomic E-state index is 11.9. The first-order chi connectivity index (χ1) is 7.31. The molecule has 2 amide bonds. The third kappa shape index (κ3) is 3.40. The summed E-state index contributed by atoms with van der Waals surface area (Å²) in [5.74, 6) is 0.808. The van der Waals surface area contributed by atoms with Crippen LogP contribution < -0.4 is 5.32 Å². The minimum atomic E-state index is 0.179. The summed E-state index contributed by atoms with van der Waals surface area (Å²) in [6.07, 6.45) is 7.32. The molecule has 0 unspecified atom stereocenters. The average molecular weight is 210 g/mol. The first-order valence-corrected chi connectivity index (χ1v) is 6.35. The minimum absolute atomic E-state index is 0.179. The number of amides is 2. The van der Waals surface area contributed by atoms with Crippen LogP contribution in [0.15, 0.2) is 0 Å². The van der Waals surface area contributed by atoms with Crippen LogP contribution in [0, 0.1) is 5.92 Å². The number of nitrogens with zero attached hydrogens (tertiary/aromatic N) is 1. The third-order valence-corrected chi connectivity index (χ3v) is 3.21. The van der Waals surface area contributed by atoms with Crippen LogP contribution in [0.25, 0.3) is 0 Å². The Morgan fingerprint density at radius 3 is 2.60 bits per heavy atom. The van der Waals surface area contributed by atoms with Crippen LogP contribution in [0.5, 0.6) is 0 Å². The number of urea groups is 1. The van der Waals surface area contributed by atoms with Gasteiger partial charge in [-0.25, -0.2) is 4.79 Å². The van der Waals surface area contributed by atoms with Crippen LogP contribution in [0.3, 0.4) is 0 Å². The van der Waals surface area contributed by atoms with E-state index in [1.54, 1.807) is 0 Å². The molecule has 0 aliphatic heterocycles. The second-order valence-electron chi connectivity index (χ2n) is 4.91. The van der Waals surface area contributed by atoms with Crippen molar-refractivity contribution < 1.29 is 4.79 Å². The summed E-state index contributed by atoms with van der Waals surface area (Å²) in [6.45, 7) is 3.99. The number of hydrogen-bond acceptors (Lipinski definition) is 1. The minimum Gasteiger partial charge on any atom is -0.338 e. The Kier molecular flexibility index (Phi) is 3.49. The lowest BCUT2D eigenvalue weighted by Gasteiger charge is -2.22. The average Bonchev–Trinajstić information content (AvgIpc) is 3.06. The topological polar surface area (TPSA) is 32.3 Å². The highest BCUT2D eigenvalue weighted by Gasteiger charge is 2.36. The molecular weight excluding hydrogens is 188 g/mol. The molecule has 0 spiro atoms. The second kappa shape index (κ2) is 4.86. The van der Waals surface area contributed by atoms with Crippen molar-refractivity contribution in [1.29, 1.82) is 0 Å². The zero-order valence-corrected chi connectivity index (χ0v) is 9.67. The first kappa shape index (κ1) is 10.8. The van der Waals surface area contributed by atoms with E-state index in [4.69, 9.17) is 0 Å². The van der Waals surface area contributed by atoms with Gasteiger partial charge in [0.1, 0.15) is 0 Å². The van der Waals surface area contributed by atoms with Gasteiger partial charge in [-0.1, -0.05) is 13.3 Å². The van der Waals surface area contributed by atoms with E-state index in [0.717, 1.165) is 31.8 Å². The molecule has 0 radical (unpaired) electrons. The SMILES string of the molecule is CCCCNC(=O)N(CC1CC1)C1CC1. The van der Waals surface area contributed by atoms with E-state index in [0.29, 0.717) is 6.04 Å². The molecule has 2 saturated carbocycles. The van der Waals surface area contributed by atoms with Crippen molar-refractivity contribution in [2.75, 3.05) is 13.1 Å². The maximum Gasteiger partial charge on any atom is 0.317 e. The van der Waals surface area contributed by atoms with Crippen LogP contribution in [-0.2, 0) is 0 Å². The second-order valence-corrected chi connectivity index (χ2v) is 4.91. The molecule has 2 aliphatic carbocycles. The Balaban J connectivity index is 1.72. The molecule has 15 heavy (non-hydrogen) atoms. The summed E-state index contributed by atoms with van der Waals surface area (Å²) in [6, 6.07) is 0.741. The highest BCUT2D eigenvalue weighted by molar-refractivity contribution is 5.74. The number of unbranched alkanes of at least 4 members (excludes halogenated alkanes) is 1. The molecule has 2 rings (SSSR count). The quantitative estimate of drug-likeness (QED) is 0.671. The molecule has 2 fully saturated rings. The summed E-state index contributed by atoms with van der Waals surface area (Å²) in [5, 5.41) is 3.03. The van der Waals surface area contributed by atoms with Crippen LogP contribution in [0.4, 0.5) is 4.79 Å². The molecule has 3 heteroatoms. The number of carbonyl (C=O) groups is 1. The highest BCUT2D eigenvalue weighted by Crippen LogP contribution is 2.34. The van der Waals surface area contributed by atoms with E-state index in [1.165, 1.54) is 25.7 Å². The smallest absolute Gasteiger partial charge is 0.317 e. The molecule has 0 atom stereocenters. The summed E-state index contributed by atoms with van der Waals surface area (Å²) in [7, 11) is 0. The predicted molar refractivity (Wildman–Crippen MR) is 60.8 cm³/mol. The largest absolute Gasteiger partial charge is 0.338 e. The molecule has 0 heterocycles. The van der Waals surface area contributed by atoms with Crippen molar-refractivity contribution in [3.8, 4) is 0 Å². The fraction of sp³-hybridized carbons (Fsp3) is 0.917. The molecule has 0 saturated heterocycles. The Morgan fingerprint density at radius 1 is 1.33 bits per heavy atom. The van der Waals surface area contributed by atoms with Crippen molar-refractivity contribution in [2.45, 2.75) is 51.5 Å². The van der Waals surface area contributed by atoms with Crippen LogP contribution in [0.2, 0.25) is 0 Å². The molecule has 0 aromatic heterocycles. The Bertz CT molecular complexity index is 222. The lowest BCUT2D eigenvalue weighted by molar-refractivity contribution is 0.192. The summed E-state index contributed by atoms with van der Waals surface area (Å²) in [4.78, 5) is 14.0. The van der Waals surface area contributed by atoms with E-state index >= 15 is 0 Å². The third-order valence-electron chi connectivity index (χ3n) is 3.21. The van der Waals surface area contributed by atoms with Gasteiger partial charge in [0, 0.05) is 19.1 Å². The van der Waals surface area contributed by atoms with Gasteiger partial charge in [-0.05, 0) is 38.0 Å². The number of hydrogen-bond donors (Lipinski definition) is 1. The zero-order valence-electron chi connectivity index (χ0n) is 9.67. The van der Waals surface area contributed by atoms with Gasteiger partial charge in [0.15, 0.2) is 0 Å². The molecule has 2 aliphatic rings. The van der Waals surface area contributed by atoms with Gasteiger partial charge in [-0.3, -0.25) is 0 Å². The Morgan fingerprint density at radius 2 is 2.07 bits per heavy atom. The van der Waals surface area contributed by atoms with Gasteiger partial charge >= 0.3 is 6.03 Å². The van der Waals surface area contributed by atoms with Gasteiger partial charge < -0.3 is 10.2 Å². The lowest BCUT2D eigenvalue weighted by atomic mass is 10.3. The molecule has 0 aromatic carbocycles. The standard InChI is InChI=1S/C12H22N2O/c1-2-3-8-13-12(15)14(11-6-7-11)9-10-4-5-10/h10-11H,2-9H2,1H3,(H,13,15). The van der Waals surface area contributed by atoms with Gasteiger partial charge in [-0.15, -0.1) is 0 Å². The van der Waals surface area contributed by atoms with E-state index < -0.39 is 0 Å². The molecular formula is C12H22N2O. The predicted octanol–water partition coefficient (Wildman–Crippen LogP) is 2.37. The molecule has 0 bridgehead atoms. The van der Waals surface area contributed by atoms with Crippen molar-refractivity contribution in [3.05, 3.63) is 0 Å². The summed E-state index contributed by atoms with van der Waals surface area (Å²) in [5.41, 5.74) is 0. The number of nitrogens with one attached hydrogen (secondary N) is 1. The fourth-order valence-corrected chi connectivity index (χ4v) is 1.84. The van der Waals surface area contributed by atoms with Gasteiger partial charge in [0.25, 0.3) is 0 Å². The van der Waals surface area contributed by atoms with Crippen molar-refractivity contribution >= 4 is 6.03 Å². The summed E-state index contributed by atoms with van der Waals surface area (Å²) >= 11 is 0. The normalized spacial score (nSPS) is 20.1. The van der Waals surface area contributed by atoms with E-state index in [9.17, 15) is 4.79 Å². The van der Waals surface area contributed by atoms with Crippen LogP contribution >= 0.6 is 0 Å². The summed E-state index contributed by atoms with van der Waals surface area (Å²) < 4.78 is 0. The van der Waals surface area contributed by atoms with Gasteiger partial charge in [0.2, 0.25) is 0 Å². The van der Waals surface area contributed by atoms with Crippen molar-refractivity contribution in [3.63, 3.8) is 0 Å². The van der Waals surface area contributed by atoms with Crippen molar-refractivity contribution in [1.82, 2.24) is 10.2 Å². The monoisotopic (exact) mass is 210 g/mol. The Labute approximate surface area is 92.2 Å². The fourth-order valence-electron chi connectivity index (χ4n) is 1.84. The number of carbonyl (C=O) groups excluding carboxylic acids is 1. The lowest BCUT2D eigenvalue weighted by Crippen LogP contribution is -2.42. The Hall–Kier alpha value is -0.730. The van der Waals surface area contributed by atoms with Gasteiger partial charge in [-0.2, -0.15) is 0 Å². The number of rotatable bonds is 6. The van der Waals surface area contributed by atoms with Crippen LogP contribution in [-0.4, -0.2) is 30.1 Å². The molecule has 86 valence electrons. The van der Waals surface area contributed by atoms with E-state index in [2.05, 4.69) is 17.1 Å². The molecule has 3 nitrogen and oxygen atoms in total. The van der Waals surface area contributed by atoms with E-state index in [1.807, 2.05) is 0 Å². The van der Waals surface area contributed by atoms with Gasteiger partial charge in [0.05, 0.1) is 0 Å². The van der Waals surface area contributed by atoms with E-state index in [-0.39, 0.29) is 6.03 Å². The molecule has 1 N–H and O–H groups in total. The van der Waals surface area contributed by atoms with Crippen LogP contribution in [0.1, 0.15) is 45.4 Å². The zero-order chi connectivity index (χ0) is 10.7.